The molecule has 0 aliphatic carbocycles. The molecule has 1 heterocycles. The normalized spacial score (nSPS) is 12.3. The molecule has 4 nitrogen and oxygen atoms in total. The van der Waals surface area contributed by atoms with Gasteiger partial charge in [0.25, 0.3) is 0 Å². The molecule has 2 aromatic rings. The fourth-order valence-electron chi connectivity index (χ4n) is 1.85. The number of furan rings is 1. The van der Waals surface area contributed by atoms with Crippen molar-refractivity contribution in [3.05, 3.63) is 59.5 Å². The zero-order chi connectivity index (χ0) is 16.0. The molecular formula is C15H16F3N3O. The average molecular weight is 311 g/mol. The van der Waals surface area contributed by atoms with Crippen LogP contribution in [0.4, 0.5) is 13.2 Å². The SMILES string of the molecule is CN=C(NCc1cccc(C(F)(F)F)c1)NCc1ccco1. The van der Waals surface area contributed by atoms with E-state index in [4.69, 9.17) is 4.42 Å². The summed E-state index contributed by atoms with van der Waals surface area (Å²) in [6.07, 6.45) is -2.77. The molecule has 0 spiro atoms. The van der Waals surface area contributed by atoms with Crippen LogP contribution in [0, 0.1) is 0 Å². The van der Waals surface area contributed by atoms with Crippen LogP contribution in [-0.4, -0.2) is 13.0 Å². The summed E-state index contributed by atoms with van der Waals surface area (Å²) in [6.45, 7) is 0.678. The lowest BCUT2D eigenvalue weighted by Gasteiger charge is -2.12. The molecule has 7 heteroatoms. The molecule has 2 N–H and O–H groups in total. The first-order valence-electron chi connectivity index (χ1n) is 6.62. The second-order valence-electron chi connectivity index (χ2n) is 4.56. The monoisotopic (exact) mass is 311 g/mol. The van der Waals surface area contributed by atoms with Crippen molar-refractivity contribution in [3.8, 4) is 0 Å². The molecule has 0 atom stereocenters. The molecule has 118 valence electrons. The van der Waals surface area contributed by atoms with E-state index in [-0.39, 0.29) is 6.54 Å². The first kappa shape index (κ1) is 15.9. The number of benzene rings is 1. The van der Waals surface area contributed by atoms with Gasteiger partial charge in [-0.05, 0) is 29.8 Å². The van der Waals surface area contributed by atoms with Gasteiger partial charge >= 0.3 is 6.18 Å². The molecular weight excluding hydrogens is 295 g/mol. The molecule has 0 aliphatic rings. The maximum Gasteiger partial charge on any atom is 0.416 e. The van der Waals surface area contributed by atoms with Gasteiger partial charge in [0.15, 0.2) is 5.96 Å². The number of hydrogen-bond acceptors (Lipinski definition) is 2. The molecule has 0 saturated carbocycles. The summed E-state index contributed by atoms with van der Waals surface area (Å²) < 4.78 is 43.1. The summed E-state index contributed by atoms with van der Waals surface area (Å²) in [5.74, 6) is 1.22. The Kier molecular flexibility index (Phi) is 5.08. The molecule has 1 aromatic heterocycles. The Morgan fingerprint density at radius 1 is 1.14 bits per heavy atom. The van der Waals surface area contributed by atoms with Crippen LogP contribution in [0.15, 0.2) is 52.1 Å². The summed E-state index contributed by atoms with van der Waals surface area (Å²) in [4.78, 5) is 4.00. The maximum atomic E-state index is 12.6. The lowest BCUT2D eigenvalue weighted by Crippen LogP contribution is -2.36. The van der Waals surface area contributed by atoms with Crippen LogP contribution in [0.5, 0.6) is 0 Å². The van der Waals surface area contributed by atoms with Gasteiger partial charge in [-0.2, -0.15) is 13.2 Å². The van der Waals surface area contributed by atoms with Gasteiger partial charge in [-0.3, -0.25) is 4.99 Å². The van der Waals surface area contributed by atoms with Crippen LogP contribution in [0.2, 0.25) is 0 Å². The van der Waals surface area contributed by atoms with E-state index in [0.717, 1.165) is 17.9 Å². The van der Waals surface area contributed by atoms with E-state index in [9.17, 15) is 13.2 Å². The number of nitrogens with zero attached hydrogens (tertiary/aromatic N) is 1. The third kappa shape index (κ3) is 4.54. The van der Waals surface area contributed by atoms with E-state index in [1.54, 1.807) is 25.4 Å². The molecule has 0 bridgehead atoms. The lowest BCUT2D eigenvalue weighted by molar-refractivity contribution is -0.137. The zero-order valence-electron chi connectivity index (χ0n) is 11.9. The van der Waals surface area contributed by atoms with Gasteiger partial charge in [0, 0.05) is 13.6 Å². The van der Waals surface area contributed by atoms with Crippen molar-refractivity contribution in [1.82, 2.24) is 10.6 Å². The summed E-state index contributed by atoms with van der Waals surface area (Å²) in [6, 6.07) is 8.77. The van der Waals surface area contributed by atoms with Crippen molar-refractivity contribution in [3.63, 3.8) is 0 Å². The summed E-state index contributed by atoms with van der Waals surface area (Å²) in [5.41, 5.74) is -0.138. The highest BCUT2D eigenvalue weighted by molar-refractivity contribution is 5.79. The highest BCUT2D eigenvalue weighted by Crippen LogP contribution is 2.29. The van der Waals surface area contributed by atoms with E-state index >= 15 is 0 Å². The van der Waals surface area contributed by atoms with Crippen molar-refractivity contribution in [2.24, 2.45) is 4.99 Å². The molecule has 2 rings (SSSR count). The number of guanidine groups is 1. The third-order valence-corrected chi connectivity index (χ3v) is 2.95. The highest BCUT2D eigenvalue weighted by atomic mass is 19.4. The van der Waals surface area contributed by atoms with E-state index in [0.29, 0.717) is 18.1 Å². The van der Waals surface area contributed by atoms with Crippen molar-refractivity contribution >= 4 is 5.96 Å². The number of alkyl halides is 3. The Bertz CT molecular complexity index is 621. The minimum absolute atomic E-state index is 0.238. The van der Waals surface area contributed by atoms with Gasteiger partial charge in [0.1, 0.15) is 5.76 Å². The molecule has 0 saturated heterocycles. The summed E-state index contributed by atoms with van der Waals surface area (Å²) in [7, 11) is 1.59. The van der Waals surface area contributed by atoms with Gasteiger partial charge in [0.05, 0.1) is 18.4 Å². The predicted molar refractivity (Wildman–Crippen MR) is 77.2 cm³/mol. The van der Waals surface area contributed by atoms with Crippen molar-refractivity contribution in [2.45, 2.75) is 19.3 Å². The minimum Gasteiger partial charge on any atom is -0.467 e. The second-order valence-corrected chi connectivity index (χ2v) is 4.56. The van der Waals surface area contributed by atoms with E-state index in [1.165, 1.54) is 6.07 Å². The van der Waals surface area contributed by atoms with Gasteiger partial charge in [0.2, 0.25) is 0 Å². The van der Waals surface area contributed by atoms with Gasteiger partial charge in [-0.15, -0.1) is 0 Å². The number of halogens is 3. The predicted octanol–water partition coefficient (Wildman–Crippen LogP) is 3.16. The van der Waals surface area contributed by atoms with Crippen molar-refractivity contribution < 1.29 is 17.6 Å². The van der Waals surface area contributed by atoms with Crippen LogP contribution in [0.3, 0.4) is 0 Å². The molecule has 0 fully saturated rings. The van der Waals surface area contributed by atoms with E-state index in [1.807, 2.05) is 6.07 Å². The molecule has 0 amide bonds. The molecule has 22 heavy (non-hydrogen) atoms. The van der Waals surface area contributed by atoms with Crippen LogP contribution in [-0.2, 0) is 19.3 Å². The van der Waals surface area contributed by atoms with Gasteiger partial charge in [-0.1, -0.05) is 12.1 Å². The van der Waals surface area contributed by atoms with Crippen molar-refractivity contribution in [1.29, 1.82) is 0 Å². The largest absolute Gasteiger partial charge is 0.467 e. The van der Waals surface area contributed by atoms with Crippen LogP contribution >= 0.6 is 0 Å². The van der Waals surface area contributed by atoms with E-state index in [2.05, 4.69) is 15.6 Å². The molecule has 0 radical (unpaired) electrons. The van der Waals surface area contributed by atoms with E-state index < -0.39 is 11.7 Å². The lowest BCUT2D eigenvalue weighted by atomic mass is 10.1. The summed E-state index contributed by atoms with van der Waals surface area (Å²) >= 11 is 0. The minimum atomic E-state index is -4.34. The number of nitrogens with one attached hydrogen (secondary N) is 2. The Morgan fingerprint density at radius 3 is 2.55 bits per heavy atom. The number of aliphatic imine (C=N–C) groups is 1. The fourth-order valence-corrected chi connectivity index (χ4v) is 1.85. The highest BCUT2D eigenvalue weighted by Gasteiger charge is 2.30. The molecule has 0 unspecified atom stereocenters. The van der Waals surface area contributed by atoms with Crippen LogP contribution in [0.25, 0.3) is 0 Å². The first-order valence-corrected chi connectivity index (χ1v) is 6.62. The van der Waals surface area contributed by atoms with Crippen molar-refractivity contribution in [2.75, 3.05) is 7.05 Å². The topological polar surface area (TPSA) is 49.6 Å². The van der Waals surface area contributed by atoms with Crippen LogP contribution in [0.1, 0.15) is 16.9 Å². The second kappa shape index (κ2) is 7.02. The van der Waals surface area contributed by atoms with Gasteiger partial charge < -0.3 is 15.1 Å². The Morgan fingerprint density at radius 2 is 1.91 bits per heavy atom. The third-order valence-electron chi connectivity index (χ3n) is 2.95. The molecule has 1 aromatic carbocycles. The van der Waals surface area contributed by atoms with Crippen LogP contribution < -0.4 is 10.6 Å². The van der Waals surface area contributed by atoms with Gasteiger partial charge in [-0.25, -0.2) is 0 Å². The quantitative estimate of drug-likeness (QED) is 0.673. The number of rotatable bonds is 4. The summed E-state index contributed by atoms with van der Waals surface area (Å²) in [5, 5.41) is 5.97. The maximum absolute atomic E-state index is 12.6. The fraction of sp³-hybridized carbons (Fsp3) is 0.267. The smallest absolute Gasteiger partial charge is 0.416 e. The standard InChI is InChI=1S/C15H16F3N3O/c1-19-14(21-10-13-6-3-7-22-13)20-9-11-4-2-5-12(8-11)15(16,17)18/h2-8H,9-10H2,1H3,(H2,19,20,21). The zero-order valence-corrected chi connectivity index (χ0v) is 11.9. The Labute approximate surface area is 126 Å². The number of hydrogen-bond donors (Lipinski definition) is 2. The average Bonchev–Trinajstić information content (AvgIpc) is 3.00. The Hall–Kier alpha value is -2.44. The Balaban J connectivity index is 1.90. The first-order chi connectivity index (χ1) is 10.5. The molecule has 0 aliphatic heterocycles.